The maximum Gasteiger partial charge on any atom is 0.395 e. The molecular weight excluding hydrogens is 528 g/mol. The Balaban J connectivity index is 0. The van der Waals surface area contributed by atoms with Crippen LogP contribution >= 0.6 is 30.4 Å². The highest BCUT2D eigenvalue weighted by atomic mass is 31.2. The summed E-state index contributed by atoms with van der Waals surface area (Å²) < 4.78 is 45.5. The van der Waals surface area contributed by atoms with Crippen molar-refractivity contribution in [1.82, 2.24) is 0 Å². The third kappa shape index (κ3) is 12.3. The van der Waals surface area contributed by atoms with E-state index in [0.29, 0.717) is 6.61 Å². The van der Waals surface area contributed by atoms with Crippen LogP contribution in [0.5, 0.6) is 0 Å². The predicted octanol–water partition coefficient (Wildman–Crippen LogP) is 0.399. The van der Waals surface area contributed by atoms with E-state index in [9.17, 15) is 57.4 Å². The zero-order valence-corrected chi connectivity index (χ0v) is 22.3. The SMILES string of the molecule is CCC[N+](CCC)(C(P(=O)(O)O)P(=O)(O)O)C(P(=O)(O)O)P(=O)(O)O.NCCCCCCO. The molecule has 0 aromatic heterocycles. The number of aliphatic hydroxyl groups is 1. The minimum atomic E-state index is -5.75. The minimum Gasteiger partial charge on any atom is -0.396 e. The van der Waals surface area contributed by atoms with Crippen molar-refractivity contribution in [3.8, 4) is 0 Å². The van der Waals surface area contributed by atoms with E-state index >= 15 is 0 Å². The van der Waals surface area contributed by atoms with Crippen LogP contribution in [0.4, 0.5) is 0 Å². The van der Waals surface area contributed by atoms with Crippen molar-refractivity contribution in [2.75, 3.05) is 26.2 Å². The summed E-state index contributed by atoms with van der Waals surface area (Å²) in [5.41, 5.74) is -0.798. The van der Waals surface area contributed by atoms with Crippen molar-refractivity contribution in [1.29, 1.82) is 0 Å². The zero-order chi connectivity index (χ0) is 26.7. The molecule has 15 nitrogen and oxygen atoms in total. The van der Waals surface area contributed by atoms with Gasteiger partial charge in [0.15, 0.2) is 0 Å². The van der Waals surface area contributed by atoms with Gasteiger partial charge in [-0.2, -0.15) is 0 Å². The Labute approximate surface area is 193 Å². The third-order valence-corrected chi connectivity index (χ3v) is 12.4. The average Bonchev–Trinajstić information content (AvgIpc) is 2.54. The quantitative estimate of drug-likeness (QED) is 0.0729. The van der Waals surface area contributed by atoms with E-state index in [-0.39, 0.29) is 12.8 Å². The Morgan fingerprint density at radius 2 is 0.939 bits per heavy atom. The lowest BCUT2D eigenvalue weighted by Gasteiger charge is -2.48. The summed E-state index contributed by atoms with van der Waals surface area (Å²) in [6.45, 7) is 2.48. The van der Waals surface area contributed by atoms with Gasteiger partial charge in [0.2, 0.25) is 0 Å². The lowest BCUT2D eigenvalue weighted by molar-refractivity contribution is -0.930. The molecule has 0 heterocycles. The molecule has 0 rings (SSSR count). The summed E-state index contributed by atoms with van der Waals surface area (Å²) in [7, 11) is -23.0. The molecule has 0 saturated heterocycles. The van der Waals surface area contributed by atoms with Gasteiger partial charge in [-0.1, -0.05) is 26.7 Å². The van der Waals surface area contributed by atoms with Gasteiger partial charge in [0.05, 0.1) is 13.1 Å². The summed E-state index contributed by atoms with van der Waals surface area (Å²) in [5.74, 6) is 0. The first kappa shape index (κ1) is 35.6. The Morgan fingerprint density at radius 3 is 1.15 bits per heavy atom. The predicted molar refractivity (Wildman–Crippen MR) is 121 cm³/mol. The molecule has 202 valence electrons. The Kier molecular flexibility index (Phi) is 16.1. The summed E-state index contributed by atoms with van der Waals surface area (Å²) in [4.78, 5) is 75.8. The summed E-state index contributed by atoms with van der Waals surface area (Å²) in [5, 5.41) is 8.33. The van der Waals surface area contributed by atoms with Crippen LogP contribution in [0.25, 0.3) is 0 Å². The van der Waals surface area contributed by atoms with Crippen LogP contribution in [0.3, 0.4) is 0 Å². The van der Waals surface area contributed by atoms with Crippen molar-refractivity contribution in [2.45, 2.75) is 63.4 Å². The maximum absolute atomic E-state index is 11.8. The fraction of sp³-hybridized carbons (Fsp3) is 1.00. The second kappa shape index (κ2) is 14.9. The molecular formula is C14H39N2O13P4+. The first-order valence-electron chi connectivity index (χ1n) is 10.2. The van der Waals surface area contributed by atoms with Crippen molar-refractivity contribution in [3.63, 3.8) is 0 Å². The molecule has 0 spiro atoms. The number of rotatable bonds is 15. The molecule has 11 N–H and O–H groups in total. The number of nitrogens with two attached hydrogens (primary N) is 1. The monoisotopic (exact) mass is 567 g/mol. The van der Waals surface area contributed by atoms with E-state index < -0.39 is 59.0 Å². The van der Waals surface area contributed by atoms with Gasteiger partial charge in [-0.3, -0.25) is 22.7 Å². The van der Waals surface area contributed by atoms with Gasteiger partial charge < -0.3 is 50.0 Å². The van der Waals surface area contributed by atoms with E-state index in [2.05, 4.69) is 0 Å². The van der Waals surface area contributed by atoms with Crippen LogP contribution in [-0.4, -0.2) is 86.0 Å². The summed E-state index contributed by atoms with van der Waals surface area (Å²) in [6.07, 6.45) is 4.07. The molecule has 0 bridgehead atoms. The Morgan fingerprint density at radius 1 is 0.636 bits per heavy atom. The molecule has 0 aliphatic carbocycles. The van der Waals surface area contributed by atoms with Crippen molar-refractivity contribution >= 4 is 30.4 Å². The molecule has 19 heteroatoms. The fourth-order valence-electron chi connectivity index (χ4n) is 3.73. The Bertz CT molecular complexity index is 637. The van der Waals surface area contributed by atoms with Crippen LogP contribution < -0.4 is 5.73 Å². The molecule has 0 aromatic carbocycles. The van der Waals surface area contributed by atoms with Crippen LogP contribution in [0, 0.1) is 0 Å². The van der Waals surface area contributed by atoms with Gasteiger partial charge in [-0.15, -0.1) is 0 Å². The van der Waals surface area contributed by atoms with Crippen LogP contribution in [-0.2, 0) is 18.3 Å². The lowest BCUT2D eigenvalue weighted by atomic mass is 10.2. The van der Waals surface area contributed by atoms with Gasteiger partial charge in [-0.05, 0) is 32.2 Å². The smallest absolute Gasteiger partial charge is 0.395 e. The highest BCUT2D eigenvalue weighted by Crippen LogP contribution is 2.72. The van der Waals surface area contributed by atoms with Crippen molar-refractivity contribution < 1.29 is 67.0 Å². The van der Waals surface area contributed by atoms with E-state index in [1.807, 2.05) is 0 Å². The topological polar surface area (TPSA) is 276 Å². The number of aliphatic hydroxyl groups excluding tert-OH is 1. The number of unbranched alkanes of at least 4 members (excludes halogenated alkanes) is 3. The third-order valence-electron chi connectivity index (χ3n) is 4.52. The summed E-state index contributed by atoms with van der Waals surface area (Å²) in [6, 6.07) is 0. The lowest BCUT2D eigenvalue weighted by Crippen LogP contribution is -2.61. The molecule has 0 aromatic rings. The zero-order valence-electron chi connectivity index (χ0n) is 18.7. The van der Waals surface area contributed by atoms with Crippen LogP contribution in [0.2, 0.25) is 0 Å². The normalized spacial score (nSPS) is 13.9. The van der Waals surface area contributed by atoms with Gasteiger partial charge >= 0.3 is 30.4 Å². The van der Waals surface area contributed by atoms with E-state index in [1.54, 1.807) is 0 Å². The van der Waals surface area contributed by atoms with Gasteiger partial charge in [-0.25, -0.2) is 0 Å². The molecule has 0 aliphatic rings. The number of nitrogens with zero attached hydrogens (tertiary/aromatic N) is 1. The van der Waals surface area contributed by atoms with Crippen LogP contribution in [0.15, 0.2) is 0 Å². The van der Waals surface area contributed by atoms with E-state index in [4.69, 9.17) is 10.8 Å². The average molecular weight is 567 g/mol. The number of quaternary nitrogens is 1. The molecule has 0 fully saturated rings. The largest absolute Gasteiger partial charge is 0.396 e. The summed E-state index contributed by atoms with van der Waals surface area (Å²) >= 11 is 0. The molecule has 0 aliphatic heterocycles. The molecule has 0 radical (unpaired) electrons. The van der Waals surface area contributed by atoms with Gasteiger partial charge in [0, 0.05) is 6.61 Å². The Hall–Kier alpha value is 0.480. The first-order chi connectivity index (χ1) is 14.8. The molecule has 0 saturated carbocycles. The van der Waals surface area contributed by atoms with Crippen LogP contribution in [0.1, 0.15) is 52.4 Å². The minimum absolute atomic E-state index is 0.118. The molecule has 0 atom stereocenters. The highest BCUT2D eigenvalue weighted by molar-refractivity contribution is 7.72. The number of hydrogen-bond donors (Lipinski definition) is 10. The van der Waals surface area contributed by atoms with Gasteiger partial charge in [0.1, 0.15) is 0 Å². The van der Waals surface area contributed by atoms with Gasteiger partial charge in [0.25, 0.3) is 11.0 Å². The fourth-order valence-corrected chi connectivity index (χ4v) is 11.1. The van der Waals surface area contributed by atoms with E-state index in [0.717, 1.165) is 32.2 Å². The highest BCUT2D eigenvalue weighted by Gasteiger charge is 2.68. The van der Waals surface area contributed by atoms with Crippen molar-refractivity contribution in [3.05, 3.63) is 0 Å². The molecule has 0 amide bonds. The number of hydrogen-bond acceptors (Lipinski definition) is 6. The molecule has 33 heavy (non-hydrogen) atoms. The van der Waals surface area contributed by atoms with Crippen molar-refractivity contribution in [2.24, 2.45) is 5.73 Å². The molecule has 0 unspecified atom stereocenters. The second-order valence-corrected chi connectivity index (χ2v) is 15.0. The second-order valence-electron chi connectivity index (χ2n) is 7.53. The maximum atomic E-state index is 11.8. The standard InChI is InChI=1S/C8H23NO12P4.C6H15NO/c1-3-5-9(6-4-2,7(22(10,11)12)23(13,14)15)8(24(16,17)18)25(19,20)21;7-5-3-1-2-4-6-8/h7-8H,3-6H2,1-2H3,(H7-,10,11,12,13,14,15,16,17,18,19,20,21);8H,1-7H2/p+1. The first-order valence-corrected chi connectivity index (χ1v) is 16.9. The van der Waals surface area contributed by atoms with E-state index in [1.165, 1.54) is 13.8 Å².